The average molecular weight is 417 g/mol. The van der Waals surface area contributed by atoms with Crippen LogP contribution in [0.25, 0.3) is 0 Å². The largest absolute Gasteiger partial charge is 0.459 e. The van der Waals surface area contributed by atoms with Crippen LogP contribution in [0.1, 0.15) is 46.2 Å². The number of aromatic nitrogens is 2. The van der Waals surface area contributed by atoms with Crippen molar-refractivity contribution in [2.24, 2.45) is 0 Å². The van der Waals surface area contributed by atoms with Crippen molar-refractivity contribution in [1.29, 1.82) is 5.26 Å². The van der Waals surface area contributed by atoms with Crippen molar-refractivity contribution < 1.29 is 14.3 Å². The van der Waals surface area contributed by atoms with E-state index in [4.69, 9.17) is 9.47 Å². The Balaban J connectivity index is 1.66. The highest BCUT2D eigenvalue weighted by Gasteiger charge is 2.29. The summed E-state index contributed by atoms with van der Waals surface area (Å²) >= 11 is 0. The summed E-state index contributed by atoms with van der Waals surface area (Å²) in [5.74, 6) is 0.646. The lowest BCUT2D eigenvalue weighted by Crippen LogP contribution is -2.50. The standard InChI is InChI=1S/C21H32N6O3/c1-15(17-7-6-8-25(17)5)29-19-23-16(14-22)13-18(24-19)26-9-11-27(12-10-26)20(28)30-21(2,3)4/h13,15,17H,6-12H2,1-5H3/t15-,17?/m0/s1. The van der Waals surface area contributed by atoms with Gasteiger partial charge in [0.25, 0.3) is 0 Å². The number of ether oxygens (including phenoxy) is 2. The normalized spacial score (nSPS) is 21.3. The summed E-state index contributed by atoms with van der Waals surface area (Å²) in [4.78, 5) is 27.1. The van der Waals surface area contributed by atoms with E-state index in [2.05, 4.69) is 28.0 Å². The molecule has 2 atom stereocenters. The molecule has 2 saturated heterocycles. The molecule has 0 aliphatic carbocycles. The minimum atomic E-state index is -0.515. The number of piperazine rings is 1. The molecule has 0 radical (unpaired) electrons. The Labute approximate surface area is 178 Å². The fourth-order valence-corrected chi connectivity index (χ4v) is 3.90. The first-order valence-electron chi connectivity index (χ1n) is 10.6. The molecular weight excluding hydrogens is 384 g/mol. The van der Waals surface area contributed by atoms with Crippen molar-refractivity contribution in [2.75, 3.05) is 44.7 Å². The summed E-state index contributed by atoms with van der Waals surface area (Å²) in [5.41, 5.74) is -0.240. The van der Waals surface area contributed by atoms with E-state index in [1.165, 1.54) is 0 Å². The summed E-state index contributed by atoms with van der Waals surface area (Å²) in [6.07, 6.45) is 1.86. The van der Waals surface area contributed by atoms with Crippen molar-refractivity contribution in [1.82, 2.24) is 19.8 Å². The van der Waals surface area contributed by atoms with Gasteiger partial charge in [0.15, 0.2) is 0 Å². The van der Waals surface area contributed by atoms with Crippen molar-refractivity contribution in [3.8, 4) is 12.1 Å². The predicted molar refractivity (Wildman–Crippen MR) is 113 cm³/mol. The number of hydrogen-bond donors (Lipinski definition) is 0. The SMILES string of the molecule is C[C@H](Oc1nc(C#N)cc(N2CCN(C(=O)OC(C)(C)C)CC2)n1)C1CCCN1C. The maximum atomic E-state index is 12.3. The van der Waals surface area contributed by atoms with Gasteiger partial charge in [-0.3, -0.25) is 4.90 Å². The van der Waals surface area contributed by atoms with Crippen molar-refractivity contribution in [3.63, 3.8) is 0 Å². The molecule has 2 aliphatic heterocycles. The Bertz CT molecular complexity index is 795. The minimum absolute atomic E-state index is 0.0664. The molecule has 2 aliphatic rings. The average Bonchev–Trinajstić information content (AvgIpc) is 3.12. The third-order valence-corrected chi connectivity index (χ3v) is 5.47. The molecule has 9 nitrogen and oxygen atoms in total. The van der Waals surface area contributed by atoms with E-state index in [0.29, 0.717) is 38.0 Å². The number of anilines is 1. The summed E-state index contributed by atoms with van der Waals surface area (Å²) < 4.78 is 11.5. The number of likely N-dealkylation sites (tertiary alicyclic amines) is 1. The summed E-state index contributed by atoms with van der Waals surface area (Å²) in [6.45, 7) is 10.9. The summed E-state index contributed by atoms with van der Waals surface area (Å²) in [7, 11) is 2.10. The molecule has 0 saturated carbocycles. The maximum Gasteiger partial charge on any atom is 0.410 e. The van der Waals surface area contributed by atoms with E-state index in [0.717, 1.165) is 19.4 Å². The fraction of sp³-hybridized carbons (Fsp3) is 0.714. The van der Waals surface area contributed by atoms with Crippen LogP contribution in [0.3, 0.4) is 0 Å². The van der Waals surface area contributed by atoms with Gasteiger partial charge in [0.1, 0.15) is 29.3 Å². The van der Waals surface area contributed by atoms with Crippen LogP contribution in [0.4, 0.5) is 10.6 Å². The number of nitriles is 1. The molecule has 30 heavy (non-hydrogen) atoms. The number of carbonyl (C=O) groups is 1. The highest BCUT2D eigenvalue weighted by Crippen LogP contribution is 2.23. The molecule has 0 N–H and O–H groups in total. The summed E-state index contributed by atoms with van der Waals surface area (Å²) in [6, 6.07) is 4.32. The number of rotatable bonds is 4. The van der Waals surface area contributed by atoms with E-state index < -0.39 is 5.60 Å². The summed E-state index contributed by atoms with van der Waals surface area (Å²) in [5, 5.41) is 9.40. The highest BCUT2D eigenvalue weighted by atomic mass is 16.6. The van der Waals surface area contributed by atoms with Gasteiger partial charge < -0.3 is 19.3 Å². The van der Waals surface area contributed by atoms with Crippen LogP contribution < -0.4 is 9.64 Å². The van der Waals surface area contributed by atoms with Crippen LogP contribution in [-0.2, 0) is 4.74 Å². The van der Waals surface area contributed by atoms with Gasteiger partial charge in [-0.2, -0.15) is 15.2 Å². The van der Waals surface area contributed by atoms with E-state index in [9.17, 15) is 10.1 Å². The second-order valence-electron chi connectivity index (χ2n) is 8.97. The Morgan fingerprint density at radius 1 is 1.23 bits per heavy atom. The van der Waals surface area contributed by atoms with E-state index in [1.807, 2.05) is 32.6 Å². The molecule has 0 bridgehead atoms. The molecule has 164 valence electrons. The van der Waals surface area contributed by atoms with E-state index in [-0.39, 0.29) is 23.9 Å². The molecule has 1 aromatic heterocycles. The van der Waals surface area contributed by atoms with E-state index >= 15 is 0 Å². The lowest BCUT2D eigenvalue weighted by atomic mass is 10.1. The van der Waals surface area contributed by atoms with Crippen LogP contribution >= 0.6 is 0 Å². The van der Waals surface area contributed by atoms with Gasteiger partial charge in [-0.25, -0.2) is 4.79 Å². The third kappa shape index (κ3) is 5.51. The zero-order valence-corrected chi connectivity index (χ0v) is 18.6. The quantitative estimate of drug-likeness (QED) is 0.738. The second kappa shape index (κ2) is 9.04. The Morgan fingerprint density at radius 3 is 2.50 bits per heavy atom. The second-order valence-corrected chi connectivity index (χ2v) is 8.97. The van der Waals surface area contributed by atoms with E-state index in [1.54, 1.807) is 11.0 Å². The number of likely N-dealkylation sites (N-methyl/N-ethyl adjacent to an activating group) is 1. The fourth-order valence-electron chi connectivity index (χ4n) is 3.90. The van der Waals surface area contributed by atoms with Gasteiger partial charge in [-0.05, 0) is 54.1 Å². The number of amides is 1. The van der Waals surface area contributed by atoms with Crippen molar-refractivity contribution >= 4 is 11.9 Å². The van der Waals surface area contributed by atoms with Gasteiger partial charge in [-0.15, -0.1) is 0 Å². The lowest BCUT2D eigenvalue weighted by molar-refractivity contribution is 0.0240. The lowest BCUT2D eigenvalue weighted by Gasteiger charge is -2.36. The van der Waals surface area contributed by atoms with Crippen LogP contribution in [0.15, 0.2) is 6.07 Å². The molecule has 0 aromatic carbocycles. The van der Waals surface area contributed by atoms with Gasteiger partial charge in [0.05, 0.1) is 0 Å². The first-order valence-corrected chi connectivity index (χ1v) is 10.6. The monoisotopic (exact) mass is 416 g/mol. The van der Waals surface area contributed by atoms with Crippen LogP contribution in [0.5, 0.6) is 6.01 Å². The van der Waals surface area contributed by atoms with Crippen LogP contribution in [0.2, 0.25) is 0 Å². The Hall–Kier alpha value is -2.60. The van der Waals surface area contributed by atoms with Crippen molar-refractivity contribution in [2.45, 2.75) is 58.3 Å². The first kappa shape index (κ1) is 22.1. The Morgan fingerprint density at radius 2 is 1.93 bits per heavy atom. The zero-order valence-electron chi connectivity index (χ0n) is 18.6. The molecular formula is C21H32N6O3. The van der Waals surface area contributed by atoms with Crippen molar-refractivity contribution in [3.05, 3.63) is 11.8 Å². The number of nitrogens with zero attached hydrogens (tertiary/aromatic N) is 6. The molecule has 9 heteroatoms. The molecule has 3 heterocycles. The Kier molecular flexibility index (Phi) is 6.66. The molecule has 1 unspecified atom stereocenters. The first-order chi connectivity index (χ1) is 14.2. The van der Waals surface area contributed by atoms with Gasteiger partial charge in [0, 0.05) is 38.3 Å². The molecule has 3 rings (SSSR count). The maximum absolute atomic E-state index is 12.3. The smallest absolute Gasteiger partial charge is 0.410 e. The van der Waals surface area contributed by atoms with Gasteiger partial charge in [-0.1, -0.05) is 0 Å². The number of carbonyl (C=O) groups excluding carboxylic acids is 1. The third-order valence-electron chi connectivity index (χ3n) is 5.47. The highest BCUT2D eigenvalue weighted by molar-refractivity contribution is 5.68. The minimum Gasteiger partial charge on any atom is -0.459 e. The molecule has 0 spiro atoms. The zero-order chi connectivity index (χ0) is 21.9. The number of hydrogen-bond acceptors (Lipinski definition) is 8. The molecule has 1 aromatic rings. The van der Waals surface area contributed by atoms with Crippen LogP contribution in [0, 0.1) is 11.3 Å². The molecule has 1 amide bonds. The molecule has 2 fully saturated rings. The van der Waals surface area contributed by atoms with Gasteiger partial charge in [0.2, 0.25) is 0 Å². The topological polar surface area (TPSA) is 94.8 Å². The van der Waals surface area contributed by atoms with Gasteiger partial charge >= 0.3 is 12.1 Å². The van der Waals surface area contributed by atoms with Crippen LogP contribution in [-0.4, -0.2) is 83.4 Å². The predicted octanol–water partition coefficient (Wildman–Crippen LogP) is 2.27.